The molecule has 0 spiro atoms. The Morgan fingerprint density at radius 2 is 2.03 bits per heavy atom. The Balaban J connectivity index is 1.51. The fraction of sp³-hybridized carbons (Fsp3) is 0.348. The number of nitro benzene ring substituents is 1. The van der Waals surface area contributed by atoms with Gasteiger partial charge in [-0.25, -0.2) is 4.98 Å². The number of fused-ring (bicyclic) bond motifs is 1. The van der Waals surface area contributed by atoms with E-state index in [2.05, 4.69) is 10.3 Å². The van der Waals surface area contributed by atoms with E-state index in [4.69, 9.17) is 4.42 Å². The zero-order valence-corrected chi connectivity index (χ0v) is 18.1. The van der Waals surface area contributed by atoms with Crippen molar-refractivity contribution in [2.24, 2.45) is 0 Å². The first-order valence-corrected chi connectivity index (χ1v) is 10.5. The number of rotatable bonds is 5. The van der Waals surface area contributed by atoms with Gasteiger partial charge in [0, 0.05) is 35.3 Å². The van der Waals surface area contributed by atoms with Gasteiger partial charge in [0.05, 0.1) is 4.92 Å². The molecule has 1 N–H and O–H groups in total. The predicted octanol–water partition coefficient (Wildman–Crippen LogP) is 4.41. The number of oxazole rings is 1. The van der Waals surface area contributed by atoms with E-state index in [0.29, 0.717) is 53.2 Å². The van der Waals surface area contributed by atoms with Crippen LogP contribution in [0.2, 0.25) is 0 Å². The van der Waals surface area contributed by atoms with Crippen molar-refractivity contribution in [2.45, 2.75) is 45.6 Å². The Bertz CT molecular complexity index is 1220. The maximum atomic E-state index is 13.0. The van der Waals surface area contributed by atoms with Crippen molar-refractivity contribution >= 4 is 34.3 Å². The number of hydrogen-bond donors (Lipinski definition) is 1. The lowest BCUT2D eigenvalue weighted by molar-refractivity contribution is -0.385. The minimum Gasteiger partial charge on any atom is -0.440 e. The normalized spacial score (nSPS) is 16.0. The summed E-state index contributed by atoms with van der Waals surface area (Å²) in [5, 5.41) is 13.9. The van der Waals surface area contributed by atoms with Crippen molar-refractivity contribution in [3.63, 3.8) is 0 Å². The molecule has 9 nitrogen and oxygen atoms in total. The lowest BCUT2D eigenvalue weighted by atomic mass is 10.1. The van der Waals surface area contributed by atoms with Crippen LogP contribution in [0, 0.1) is 17.0 Å². The summed E-state index contributed by atoms with van der Waals surface area (Å²) < 4.78 is 5.70. The number of anilines is 1. The lowest BCUT2D eigenvalue weighted by Gasteiger charge is -2.24. The number of nitro groups is 1. The van der Waals surface area contributed by atoms with Gasteiger partial charge in [-0.05, 0) is 50.1 Å². The van der Waals surface area contributed by atoms with Crippen LogP contribution in [0.1, 0.15) is 54.4 Å². The van der Waals surface area contributed by atoms with Crippen LogP contribution in [-0.4, -0.2) is 39.2 Å². The molecule has 166 valence electrons. The van der Waals surface area contributed by atoms with Crippen molar-refractivity contribution in [3.05, 3.63) is 63.5 Å². The molecule has 2 amide bonds. The Hall–Kier alpha value is -3.75. The van der Waals surface area contributed by atoms with E-state index < -0.39 is 11.0 Å². The molecule has 4 rings (SSSR count). The van der Waals surface area contributed by atoms with E-state index in [1.165, 1.54) is 23.1 Å². The van der Waals surface area contributed by atoms with Crippen LogP contribution in [0.15, 0.2) is 40.8 Å². The largest absolute Gasteiger partial charge is 0.440 e. The van der Waals surface area contributed by atoms with Gasteiger partial charge in [-0.2, -0.15) is 0 Å². The number of carbonyl (C=O) groups excluding carboxylic acids is 2. The van der Waals surface area contributed by atoms with E-state index in [-0.39, 0.29) is 23.4 Å². The highest BCUT2D eigenvalue weighted by atomic mass is 16.6. The number of hydrogen-bond acceptors (Lipinski definition) is 6. The summed E-state index contributed by atoms with van der Waals surface area (Å²) in [4.78, 5) is 42.6. The van der Waals surface area contributed by atoms with Crippen LogP contribution in [-0.2, 0) is 4.79 Å². The molecule has 0 bridgehead atoms. The quantitative estimate of drug-likeness (QED) is 0.467. The second-order valence-electron chi connectivity index (χ2n) is 8.29. The second kappa shape index (κ2) is 8.41. The van der Waals surface area contributed by atoms with E-state index >= 15 is 0 Å². The standard InChI is InChI=1S/C23H24N4O5/c1-13(2)22-25-17-12-16(7-9-20(17)32-22)24-21(28)19-5-4-10-26(19)23(29)15-6-8-18(27(30)31)14(3)11-15/h6-9,11-13,19H,4-5,10H2,1-3H3,(H,24,28). The maximum absolute atomic E-state index is 13.0. The molecule has 2 heterocycles. The van der Waals surface area contributed by atoms with Crippen molar-refractivity contribution in [2.75, 3.05) is 11.9 Å². The Labute approximate surface area is 184 Å². The fourth-order valence-corrected chi connectivity index (χ4v) is 3.94. The molecule has 0 aliphatic carbocycles. The molecule has 0 radical (unpaired) electrons. The number of nitrogens with one attached hydrogen (secondary N) is 1. The molecule has 9 heteroatoms. The molecule has 1 fully saturated rings. The van der Waals surface area contributed by atoms with E-state index in [0.717, 1.165) is 0 Å². The summed E-state index contributed by atoms with van der Waals surface area (Å²) >= 11 is 0. The first-order valence-electron chi connectivity index (χ1n) is 10.5. The number of benzene rings is 2. The summed E-state index contributed by atoms with van der Waals surface area (Å²) in [6.07, 6.45) is 1.25. The van der Waals surface area contributed by atoms with Crippen molar-refractivity contribution in [1.29, 1.82) is 0 Å². The molecule has 1 unspecified atom stereocenters. The van der Waals surface area contributed by atoms with Gasteiger partial charge in [0.1, 0.15) is 11.6 Å². The first-order chi connectivity index (χ1) is 15.2. The number of amides is 2. The Kier molecular flexibility index (Phi) is 5.65. The summed E-state index contributed by atoms with van der Waals surface area (Å²) in [5.41, 5.74) is 2.59. The molecule has 1 aromatic heterocycles. The van der Waals surface area contributed by atoms with Gasteiger partial charge in [-0.1, -0.05) is 13.8 Å². The zero-order chi connectivity index (χ0) is 23.0. The third-order valence-corrected chi connectivity index (χ3v) is 5.62. The van der Waals surface area contributed by atoms with Crippen LogP contribution >= 0.6 is 0 Å². The molecule has 2 aromatic carbocycles. The second-order valence-corrected chi connectivity index (χ2v) is 8.29. The third kappa shape index (κ3) is 4.05. The van der Waals surface area contributed by atoms with E-state index in [1.807, 2.05) is 13.8 Å². The molecule has 1 atom stereocenters. The van der Waals surface area contributed by atoms with Crippen LogP contribution in [0.4, 0.5) is 11.4 Å². The van der Waals surface area contributed by atoms with Crippen LogP contribution in [0.3, 0.4) is 0 Å². The van der Waals surface area contributed by atoms with Gasteiger partial charge in [-0.15, -0.1) is 0 Å². The molecule has 0 saturated carbocycles. The monoisotopic (exact) mass is 436 g/mol. The van der Waals surface area contributed by atoms with Crippen LogP contribution in [0.25, 0.3) is 11.1 Å². The summed E-state index contributed by atoms with van der Waals surface area (Å²) in [6.45, 7) is 6.03. The molecular weight excluding hydrogens is 412 g/mol. The highest BCUT2D eigenvalue weighted by Gasteiger charge is 2.35. The molecule has 1 aliphatic rings. The highest BCUT2D eigenvalue weighted by Crippen LogP contribution is 2.27. The molecule has 3 aromatic rings. The van der Waals surface area contributed by atoms with Gasteiger partial charge < -0.3 is 14.6 Å². The SMILES string of the molecule is Cc1cc(C(=O)N2CCCC2C(=O)Nc2ccc3oc(C(C)C)nc3c2)ccc1[N+](=O)[O-]. The molecule has 32 heavy (non-hydrogen) atoms. The topological polar surface area (TPSA) is 119 Å². The zero-order valence-electron chi connectivity index (χ0n) is 18.1. The lowest BCUT2D eigenvalue weighted by Crippen LogP contribution is -2.43. The van der Waals surface area contributed by atoms with Crippen molar-refractivity contribution in [3.8, 4) is 0 Å². The molecule has 1 aliphatic heterocycles. The van der Waals surface area contributed by atoms with Crippen LogP contribution in [0.5, 0.6) is 0 Å². The van der Waals surface area contributed by atoms with Gasteiger partial charge in [0.2, 0.25) is 5.91 Å². The van der Waals surface area contributed by atoms with Gasteiger partial charge in [-0.3, -0.25) is 19.7 Å². The van der Waals surface area contributed by atoms with Crippen LogP contribution < -0.4 is 5.32 Å². The maximum Gasteiger partial charge on any atom is 0.272 e. The Morgan fingerprint density at radius 1 is 1.25 bits per heavy atom. The number of aromatic nitrogens is 1. The van der Waals surface area contributed by atoms with Gasteiger partial charge in [0.15, 0.2) is 11.5 Å². The highest BCUT2D eigenvalue weighted by molar-refractivity contribution is 6.02. The predicted molar refractivity (Wildman–Crippen MR) is 119 cm³/mol. The Morgan fingerprint density at radius 3 is 2.72 bits per heavy atom. The number of likely N-dealkylation sites (tertiary alicyclic amines) is 1. The number of aryl methyl sites for hydroxylation is 1. The minimum atomic E-state index is -0.614. The van der Waals surface area contributed by atoms with Gasteiger partial charge in [0.25, 0.3) is 11.6 Å². The molecular formula is C23H24N4O5. The number of carbonyl (C=O) groups is 2. The molecule has 1 saturated heterocycles. The average Bonchev–Trinajstić information content (AvgIpc) is 3.40. The summed E-state index contributed by atoms with van der Waals surface area (Å²) in [7, 11) is 0. The van der Waals surface area contributed by atoms with E-state index in [9.17, 15) is 19.7 Å². The average molecular weight is 436 g/mol. The summed E-state index contributed by atoms with van der Waals surface area (Å²) in [6, 6.07) is 8.91. The van der Waals surface area contributed by atoms with Gasteiger partial charge >= 0.3 is 0 Å². The van der Waals surface area contributed by atoms with Crippen molar-refractivity contribution < 1.29 is 18.9 Å². The smallest absolute Gasteiger partial charge is 0.272 e. The first kappa shape index (κ1) is 21.5. The fourth-order valence-electron chi connectivity index (χ4n) is 3.94. The third-order valence-electron chi connectivity index (χ3n) is 5.62. The van der Waals surface area contributed by atoms with Crippen molar-refractivity contribution in [1.82, 2.24) is 9.88 Å². The minimum absolute atomic E-state index is 0.0406. The summed E-state index contributed by atoms with van der Waals surface area (Å²) in [5.74, 6) is 0.201. The van der Waals surface area contributed by atoms with E-state index in [1.54, 1.807) is 25.1 Å². The number of nitrogens with zero attached hydrogens (tertiary/aromatic N) is 3.